The predicted octanol–water partition coefficient (Wildman–Crippen LogP) is 3.40. The van der Waals surface area contributed by atoms with Gasteiger partial charge in [0, 0.05) is 28.1 Å². The molecule has 0 radical (unpaired) electrons. The van der Waals surface area contributed by atoms with Gasteiger partial charge in [-0.3, -0.25) is 4.90 Å². The molecule has 6 heteroatoms. The lowest BCUT2D eigenvalue weighted by Gasteiger charge is -2.28. The Labute approximate surface area is 182 Å². The van der Waals surface area contributed by atoms with E-state index in [0.29, 0.717) is 12.3 Å². The maximum atomic E-state index is 12.1. The number of unbranched alkanes of at least 4 members (excludes halogenated alkanes) is 1. The summed E-state index contributed by atoms with van der Waals surface area (Å²) in [6.45, 7) is 6.33. The van der Waals surface area contributed by atoms with E-state index >= 15 is 0 Å². The zero-order chi connectivity index (χ0) is 22.0. The van der Waals surface area contributed by atoms with Crippen LogP contribution in [-0.4, -0.2) is 21.0 Å². The number of ether oxygens (including phenoxy) is 3. The number of aryl methyl sites for hydroxylation is 2. The zero-order valence-corrected chi connectivity index (χ0v) is 18.7. The van der Waals surface area contributed by atoms with E-state index in [1.807, 2.05) is 19.1 Å². The maximum Gasteiger partial charge on any atom is 0.336 e. The van der Waals surface area contributed by atoms with Crippen LogP contribution in [-0.2, 0) is 19.5 Å². The Kier molecular flexibility index (Phi) is 6.18. The van der Waals surface area contributed by atoms with Crippen molar-refractivity contribution in [2.75, 3.05) is 21.0 Å². The van der Waals surface area contributed by atoms with Crippen LogP contribution in [0.25, 0.3) is 11.0 Å². The molecule has 3 aromatic rings. The van der Waals surface area contributed by atoms with Gasteiger partial charge in [0.25, 0.3) is 0 Å². The van der Waals surface area contributed by atoms with Crippen LogP contribution in [0.15, 0.2) is 39.5 Å². The number of rotatable bonds is 7. The summed E-state index contributed by atoms with van der Waals surface area (Å²) in [5, 5.41) is 1.03. The van der Waals surface area contributed by atoms with E-state index < -0.39 is 0 Å². The van der Waals surface area contributed by atoms with Crippen molar-refractivity contribution in [3.05, 3.63) is 63.0 Å². The quantitative estimate of drug-likeness (QED) is 0.589. The molecule has 1 aliphatic heterocycles. The zero-order valence-electron chi connectivity index (χ0n) is 18.7. The molecule has 1 N–H and O–H groups in total. The molecule has 0 fully saturated rings. The van der Waals surface area contributed by atoms with Gasteiger partial charge in [0.2, 0.25) is 6.73 Å². The van der Waals surface area contributed by atoms with Crippen LogP contribution >= 0.6 is 0 Å². The van der Waals surface area contributed by atoms with Gasteiger partial charge >= 0.3 is 5.63 Å². The molecule has 1 unspecified atom stereocenters. The molecule has 0 saturated heterocycles. The first kappa shape index (κ1) is 21.2. The Balaban J connectivity index is 1.65. The Morgan fingerprint density at radius 1 is 1.10 bits per heavy atom. The van der Waals surface area contributed by atoms with Crippen molar-refractivity contribution < 1.29 is 23.5 Å². The molecule has 0 aliphatic carbocycles. The monoisotopic (exact) mass is 424 g/mol. The SMILES string of the molecule is CCCCc1cc(=O)oc2c(C)c3c(cc12)C[NH+](Cc1ccc(OC)c(OC)c1)CO3. The van der Waals surface area contributed by atoms with Gasteiger partial charge in [0.1, 0.15) is 24.4 Å². The van der Waals surface area contributed by atoms with Gasteiger partial charge in [-0.25, -0.2) is 4.79 Å². The first-order chi connectivity index (χ1) is 15.0. The van der Waals surface area contributed by atoms with Crippen LogP contribution in [0.5, 0.6) is 17.2 Å². The molecule has 0 amide bonds. The van der Waals surface area contributed by atoms with E-state index in [0.717, 1.165) is 77.2 Å². The highest BCUT2D eigenvalue weighted by atomic mass is 16.5. The van der Waals surface area contributed by atoms with Gasteiger partial charge in [0.15, 0.2) is 11.5 Å². The van der Waals surface area contributed by atoms with E-state index in [1.165, 1.54) is 4.90 Å². The van der Waals surface area contributed by atoms with Gasteiger partial charge in [-0.1, -0.05) is 13.3 Å². The Bertz CT molecular complexity index is 1150. The van der Waals surface area contributed by atoms with E-state index in [-0.39, 0.29) is 5.63 Å². The van der Waals surface area contributed by atoms with Crippen molar-refractivity contribution in [1.29, 1.82) is 0 Å². The first-order valence-electron chi connectivity index (χ1n) is 10.8. The van der Waals surface area contributed by atoms with Crippen LogP contribution < -0.4 is 24.7 Å². The molecule has 1 atom stereocenters. The lowest BCUT2D eigenvalue weighted by atomic mass is 9.98. The predicted molar refractivity (Wildman–Crippen MR) is 119 cm³/mol. The smallest absolute Gasteiger partial charge is 0.336 e. The van der Waals surface area contributed by atoms with Gasteiger partial charge in [-0.15, -0.1) is 0 Å². The highest BCUT2D eigenvalue weighted by Crippen LogP contribution is 2.34. The van der Waals surface area contributed by atoms with Gasteiger partial charge < -0.3 is 18.6 Å². The second-order valence-corrected chi connectivity index (χ2v) is 8.14. The normalized spacial score (nSPS) is 15.4. The topological polar surface area (TPSA) is 62.3 Å². The van der Waals surface area contributed by atoms with E-state index in [2.05, 4.69) is 19.1 Å². The fraction of sp³-hybridized carbons (Fsp3) is 0.400. The first-order valence-corrected chi connectivity index (χ1v) is 10.8. The fourth-order valence-corrected chi connectivity index (χ4v) is 4.37. The van der Waals surface area contributed by atoms with Crippen molar-refractivity contribution in [3.63, 3.8) is 0 Å². The Hall–Kier alpha value is -2.99. The van der Waals surface area contributed by atoms with Crippen LogP contribution in [0.3, 0.4) is 0 Å². The standard InChI is InChI=1S/C25H29NO5/c1-5-6-7-18-12-23(27)31-25-16(2)24-19(11-20(18)25)14-26(15-30-24)13-17-8-9-21(28-3)22(10-17)29-4/h8-12H,5-7,13-15H2,1-4H3/p+1. The summed E-state index contributed by atoms with van der Waals surface area (Å²) in [6.07, 6.45) is 3.00. The molecule has 164 valence electrons. The molecule has 1 aliphatic rings. The summed E-state index contributed by atoms with van der Waals surface area (Å²) < 4.78 is 22.5. The lowest BCUT2D eigenvalue weighted by Crippen LogP contribution is -3.10. The van der Waals surface area contributed by atoms with Crippen LogP contribution in [0.4, 0.5) is 0 Å². The number of hydrogen-bond acceptors (Lipinski definition) is 5. The second kappa shape index (κ2) is 9.02. The lowest BCUT2D eigenvalue weighted by molar-refractivity contribution is -0.945. The summed E-state index contributed by atoms with van der Waals surface area (Å²) in [4.78, 5) is 13.4. The average Bonchev–Trinajstić information content (AvgIpc) is 2.78. The highest BCUT2D eigenvalue weighted by molar-refractivity contribution is 5.86. The Morgan fingerprint density at radius 3 is 2.65 bits per heavy atom. The third kappa shape index (κ3) is 4.26. The minimum Gasteiger partial charge on any atom is -0.493 e. The third-order valence-corrected chi connectivity index (χ3v) is 5.94. The molecular weight excluding hydrogens is 394 g/mol. The van der Waals surface area contributed by atoms with Crippen LogP contribution in [0.1, 0.15) is 42.0 Å². The molecule has 0 spiro atoms. The molecule has 2 heterocycles. The molecule has 6 nitrogen and oxygen atoms in total. The van der Waals surface area contributed by atoms with Gasteiger partial charge in [0.05, 0.1) is 14.2 Å². The molecule has 0 saturated carbocycles. The number of benzene rings is 2. The average molecular weight is 425 g/mol. The molecule has 4 rings (SSSR count). The van der Waals surface area contributed by atoms with Crippen LogP contribution in [0.2, 0.25) is 0 Å². The number of nitrogens with one attached hydrogen (secondary N) is 1. The summed E-state index contributed by atoms with van der Waals surface area (Å²) in [5.74, 6) is 2.30. The number of methoxy groups -OCH3 is 2. The highest BCUT2D eigenvalue weighted by Gasteiger charge is 2.25. The van der Waals surface area contributed by atoms with Gasteiger partial charge in [-0.05, 0) is 49.6 Å². The summed E-state index contributed by atoms with van der Waals surface area (Å²) in [6, 6.07) is 9.81. The minimum absolute atomic E-state index is 0.293. The summed E-state index contributed by atoms with van der Waals surface area (Å²) in [7, 11) is 3.29. The Morgan fingerprint density at radius 2 is 1.90 bits per heavy atom. The van der Waals surface area contributed by atoms with Crippen molar-refractivity contribution in [2.24, 2.45) is 0 Å². The molecular formula is C25H30NO5+. The van der Waals surface area contributed by atoms with E-state index in [1.54, 1.807) is 20.3 Å². The molecule has 1 aromatic heterocycles. The molecule has 2 aromatic carbocycles. The fourth-order valence-electron chi connectivity index (χ4n) is 4.37. The van der Waals surface area contributed by atoms with E-state index in [4.69, 9.17) is 18.6 Å². The summed E-state index contributed by atoms with van der Waals surface area (Å²) in [5.41, 5.74) is 4.64. The summed E-state index contributed by atoms with van der Waals surface area (Å²) >= 11 is 0. The van der Waals surface area contributed by atoms with Crippen molar-refractivity contribution in [1.82, 2.24) is 0 Å². The van der Waals surface area contributed by atoms with E-state index in [9.17, 15) is 4.79 Å². The number of hydrogen-bond donors (Lipinski definition) is 1. The second-order valence-electron chi connectivity index (χ2n) is 8.14. The third-order valence-electron chi connectivity index (χ3n) is 5.94. The number of fused-ring (bicyclic) bond motifs is 2. The largest absolute Gasteiger partial charge is 0.493 e. The maximum absolute atomic E-state index is 12.1. The minimum atomic E-state index is -0.293. The van der Waals surface area contributed by atoms with Crippen molar-refractivity contribution in [2.45, 2.75) is 46.2 Å². The van der Waals surface area contributed by atoms with Crippen molar-refractivity contribution in [3.8, 4) is 17.2 Å². The number of quaternary nitrogens is 1. The molecule has 31 heavy (non-hydrogen) atoms. The van der Waals surface area contributed by atoms with Gasteiger partial charge in [-0.2, -0.15) is 0 Å². The molecule has 0 bridgehead atoms. The van der Waals surface area contributed by atoms with Crippen LogP contribution in [0, 0.1) is 6.92 Å². The van der Waals surface area contributed by atoms with Crippen molar-refractivity contribution >= 4 is 11.0 Å².